The topological polar surface area (TPSA) is 63.3 Å². The highest BCUT2D eigenvalue weighted by atomic mass is 35.5. The summed E-state index contributed by atoms with van der Waals surface area (Å²) in [6.07, 6.45) is 0.974. The van der Waals surface area contributed by atoms with Crippen molar-refractivity contribution in [1.82, 2.24) is 4.98 Å². The van der Waals surface area contributed by atoms with Crippen LogP contribution in [0.5, 0.6) is 0 Å². The number of carboxylic acid groups (broad SMARTS) is 1. The Kier molecular flexibility index (Phi) is 4.77. The molecule has 0 aliphatic heterocycles. The Morgan fingerprint density at radius 2 is 1.96 bits per heavy atom. The normalized spacial score (nSPS) is 12.6. The van der Waals surface area contributed by atoms with Gasteiger partial charge in [0.25, 0.3) is 0 Å². The lowest BCUT2D eigenvalue weighted by Crippen LogP contribution is -2.01. The van der Waals surface area contributed by atoms with Gasteiger partial charge in [-0.05, 0) is 54.3 Å². The van der Waals surface area contributed by atoms with Gasteiger partial charge in [-0.2, -0.15) is 0 Å². The van der Waals surface area contributed by atoms with Gasteiger partial charge in [0.1, 0.15) is 5.69 Å². The first-order valence-corrected chi connectivity index (χ1v) is 9.70. The summed E-state index contributed by atoms with van der Waals surface area (Å²) < 4.78 is 5.86. The fourth-order valence-electron chi connectivity index (χ4n) is 3.29. The molecule has 2 aromatic carbocycles. The molecule has 1 atom stereocenters. The van der Waals surface area contributed by atoms with Gasteiger partial charge < -0.3 is 9.52 Å². The van der Waals surface area contributed by atoms with Crippen molar-refractivity contribution in [3.05, 3.63) is 63.6 Å². The number of aromatic nitrogens is 1. The monoisotopic (exact) mass is 413 g/mol. The molecule has 0 bridgehead atoms. The van der Waals surface area contributed by atoms with Crippen molar-refractivity contribution in [3.63, 3.8) is 0 Å². The number of benzene rings is 2. The van der Waals surface area contributed by atoms with Crippen LogP contribution in [0.15, 0.2) is 46.9 Å². The van der Waals surface area contributed by atoms with E-state index in [0.717, 1.165) is 17.4 Å². The highest BCUT2D eigenvalue weighted by Crippen LogP contribution is 2.35. The molecule has 4 nitrogen and oxygen atoms in total. The largest absolute Gasteiger partial charge is 0.478 e. The SMILES string of the molecule is CCC(C)c1ccc2nc(-c3cc4cc(Cl)cc(Cl)c4o3)cc(C(=O)O)c2c1. The summed E-state index contributed by atoms with van der Waals surface area (Å²) in [6.45, 7) is 4.22. The molecule has 2 heterocycles. The maximum absolute atomic E-state index is 11.9. The Hall–Kier alpha value is -2.56. The number of furan rings is 1. The summed E-state index contributed by atoms with van der Waals surface area (Å²) in [6, 6.07) is 12.4. The molecule has 0 spiro atoms. The Morgan fingerprint density at radius 3 is 2.68 bits per heavy atom. The van der Waals surface area contributed by atoms with Gasteiger partial charge in [-0.3, -0.25) is 0 Å². The van der Waals surface area contributed by atoms with Gasteiger partial charge in [-0.15, -0.1) is 0 Å². The average molecular weight is 414 g/mol. The molecule has 0 aliphatic carbocycles. The molecule has 0 aliphatic rings. The summed E-state index contributed by atoms with van der Waals surface area (Å²) in [4.78, 5) is 16.6. The number of nitrogens with zero attached hydrogens (tertiary/aromatic N) is 1. The van der Waals surface area contributed by atoms with E-state index < -0.39 is 5.97 Å². The van der Waals surface area contributed by atoms with Crippen LogP contribution in [0.2, 0.25) is 10.0 Å². The fraction of sp³-hybridized carbons (Fsp3) is 0.182. The van der Waals surface area contributed by atoms with Crippen molar-refractivity contribution >= 4 is 51.0 Å². The van der Waals surface area contributed by atoms with Crippen molar-refractivity contribution in [2.24, 2.45) is 0 Å². The molecule has 0 saturated heterocycles. The van der Waals surface area contributed by atoms with Crippen LogP contribution in [0.25, 0.3) is 33.3 Å². The lowest BCUT2D eigenvalue weighted by atomic mass is 9.95. The number of fused-ring (bicyclic) bond motifs is 2. The van der Waals surface area contributed by atoms with E-state index in [0.29, 0.717) is 43.9 Å². The van der Waals surface area contributed by atoms with E-state index in [-0.39, 0.29) is 5.56 Å². The number of hydrogen-bond donors (Lipinski definition) is 1. The molecule has 4 rings (SSSR count). The predicted octanol–water partition coefficient (Wildman–Crippen LogP) is 7.17. The van der Waals surface area contributed by atoms with Crippen LogP contribution in [0.1, 0.15) is 42.1 Å². The number of halogens is 2. The lowest BCUT2D eigenvalue weighted by molar-refractivity contribution is 0.0699. The van der Waals surface area contributed by atoms with Crippen molar-refractivity contribution < 1.29 is 14.3 Å². The average Bonchev–Trinajstić information content (AvgIpc) is 3.10. The molecule has 0 radical (unpaired) electrons. The van der Waals surface area contributed by atoms with E-state index in [9.17, 15) is 9.90 Å². The van der Waals surface area contributed by atoms with Crippen LogP contribution in [0.4, 0.5) is 0 Å². The highest BCUT2D eigenvalue weighted by Gasteiger charge is 2.17. The molecule has 4 aromatic rings. The Labute approximate surface area is 171 Å². The summed E-state index contributed by atoms with van der Waals surface area (Å²) in [7, 11) is 0. The van der Waals surface area contributed by atoms with Gasteiger partial charge in [0.2, 0.25) is 0 Å². The Bertz CT molecular complexity index is 1230. The molecule has 1 N–H and O–H groups in total. The Morgan fingerprint density at radius 1 is 1.18 bits per heavy atom. The zero-order valence-electron chi connectivity index (χ0n) is 15.3. The molecule has 6 heteroatoms. The maximum Gasteiger partial charge on any atom is 0.336 e. The Balaban J connectivity index is 1.93. The van der Waals surface area contributed by atoms with Crippen LogP contribution in [0.3, 0.4) is 0 Å². The predicted molar refractivity (Wildman–Crippen MR) is 113 cm³/mol. The second-order valence-corrected chi connectivity index (χ2v) is 7.71. The van der Waals surface area contributed by atoms with Crippen LogP contribution in [-0.2, 0) is 0 Å². The van der Waals surface area contributed by atoms with Gasteiger partial charge in [0.05, 0.1) is 16.1 Å². The van der Waals surface area contributed by atoms with Gasteiger partial charge in [0.15, 0.2) is 11.3 Å². The van der Waals surface area contributed by atoms with Crippen molar-refractivity contribution in [3.8, 4) is 11.5 Å². The van der Waals surface area contributed by atoms with Gasteiger partial charge in [-0.1, -0.05) is 43.1 Å². The summed E-state index contributed by atoms with van der Waals surface area (Å²) >= 11 is 12.3. The number of hydrogen-bond acceptors (Lipinski definition) is 3. The fourth-order valence-corrected chi connectivity index (χ4v) is 3.84. The first-order chi connectivity index (χ1) is 13.4. The minimum Gasteiger partial charge on any atom is -0.478 e. The van der Waals surface area contributed by atoms with E-state index in [4.69, 9.17) is 27.6 Å². The highest BCUT2D eigenvalue weighted by molar-refractivity contribution is 6.38. The molecule has 0 amide bonds. The van der Waals surface area contributed by atoms with Gasteiger partial charge >= 0.3 is 5.97 Å². The lowest BCUT2D eigenvalue weighted by Gasteiger charge is -2.12. The van der Waals surface area contributed by atoms with E-state index in [1.165, 1.54) is 6.07 Å². The number of pyridine rings is 1. The standard InChI is InChI=1S/C22H17Cl2NO3/c1-3-11(2)12-4-5-18-15(7-12)16(22(26)27)10-19(25-18)20-8-13-6-14(23)9-17(24)21(13)28-20/h4-11H,3H2,1-2H3,(H,26,27). The molecule has 1 unspecified atom stereocenters. The first-order valence-electron chi connectivity index (χ1n) is 8.94. The molecule has 2 aromatic heterocycles. The smallest absolute Gasteiger partial charge is 0.336 e. The number of rotatable bonds is 4. The van der Waals surface area contributed by atoms with Crippen molar-refractivity contribution in [2.45, 2.75) is 26.2 Å². The second-order valence-electron chi connectivity index (χ2n) is 6.86. The zero-order chi connectivity index (χ0) is 20.0. The van der Waals surface area contributed by atoms with Crippen LogP contribution < -0.4 is 0 Å². The summed E-state index contributed by atoms with van der Waals surface area (Å²) in [5.41, 5.74) is 2.81. The van der Waals surface area contributed by atoms with Gasteiger partial charge in [-0.25, -0.2) is 9.78 Å². The van der Waals surface area contributed by atoms with Crippen LogP contribution >= 0.6 is 23.2 Å². The van der Waals surface area contributed by atoms with Crippen molar-refractivity contribution in [1.29, 1.82) is 0 Å². The number of aromatic carboxylic acids is 1. The van der Waals surface area contributed by atoms with Crippen molar-refractivity contribution in [2.75, 3.05) is 0 Å². The molecule has 142 valence electrons. The third-order valence-electron chi connectivity index (χ3n) is 5.03. The number of carboxylic acids is 1. The molecular formula is C22H17Cl2NO3. The molecule has 28 heavy (non-hydrogen) atoms. The van der Waals surface area contributed by atoms with E-state index in [2.05, 4.69) is 18.8 Å². The maximum atomic E-state index is 11.9. The zero-order valence-corrected chi connectivity index (χ0v) is 16.8. The van der Waals surface area contributed by atoms with E-state index >= 15 is 0 Å². The van der Waals surface area contributed by atoms with Gasteiger partial charge in [0, 0.05) is 15.8 Å². The number of carbonyl (C=O) groups is 1. The third kappa shape index (κ3) is 3.23. The summed E-state index contributed by atoms with van der Waals surface area (Å²) in [5, 5.41) is 12.0. The van der Waals surface area contributed by atoms with E-state index in [1.807, 2.05) is 18.2 Å². The van der Waals surface area contributed by atoms with E-state index in [1.54, 1.807) is 18.2 Å². The third-order valence-corrected chi connectivity index (χ3v) is 5.53. The molecular weight excluding hydrogens is 397 g/mol. The summed E-state index contributed by atoms with van der Waals surface area (Å²) in [5.74, 6) is -0.227. The quantitative estimate of drug-likeness (QED) is 0.385. The minimum atomic E-state index is -1.01. The van der Waals surface area contributed by atoms with Crippen LogP contribution in [-0.4, -0.2) is 16.1 Å². The first kappa shape index (κ1) is 18.8. The molecule has 0 fully saturated rings. The van der Waals surface area contributed by atoms with Crippen LogP contribution in [0, 0.1) is 0 Å². The second kappa shape index (κ2) is 7.12. The minimum absolute atomic E-state index is 0.190. The molecule has 0 saturated carbocycles.